The van der Waals surface area contributed by atoms with Gasteiger partial charge in [-0.1, -0.05) is 49.7 Å². The highest BCUT2D eigenvalue weighted by Gasteiger charge is 2.21. The number of nitrogens with one attached hydrogen (secondary N) is 1. The third-order valence-corrected chi connectivity index (χ3v) is 4.25. The van der Waals surface area contributed by atoms with Crippen LogP contribution < -0.4 is 5.32 Å². The topological polar surface area (TPSA) is 21.3 Å². The number of halogens is 1. The third kappa shape index (κ3) is 4.08. The van der Waals surface area contributed by atoms with E-state index in [1.807, 2.05) is 12.1 Å². The Bertz CT molecular complexity index is 435. The van der Waals surface area contributed by atoms with Gasteiger partial charge >= 0.3 is 0 Å². The van der Waals surface area contributed by atoms with Gasteiger partial charge in [-0.25, -0.2) is 0 Å². The normalized spacial score (nSPS) is 20.3. The molecule has 0 saturated carbocycles. The molecule has 1 aromatic rings. The quantitative estimate of drug-likeness (QED) is 0.800. The minimum Gasteiger partial charge on any atom is -0.380 e. The molecule has 20 heavy (non-hydrogen) atoms. The molecule has 0 aromatic heterocycles. The molecule has 110 valence electrons. The molecule has 1 fully saturated rings. The van der Waals surface area contributed by atoms with E-state index in [1.54, 1.807) is 0 Å². The van der Waals surface area contributed by atoms with E-state index >= 15 is 0 Å². The second-order valence-electron chi connectivity index (χ2n) is 5.80. The monoisotopic (exact) mass is 293 g/mol. The molecule has 0 radical (unpaired) electrons. The molecule has 1 saturated heterocycles. The van der Waals surface area contributed by atoms with Gasteiger partial charge in [0.15, 0.2) is 0 Å². The fourth-order valence-corrected chi connectivity index (χ4v) is 2.67. The molecule has 3 heteroatoms. The Morgan fingerprint density at radius 2 is 2.10 bits per heavy atom. The van der Waals surface area contributed by atoms with Gasteiger partial charge in [0, 0.05) is 30.1 Å². The van der Waals surface area contributed by atoms with E-state index in [9.17, 15) is 0 Å². The van der Waals surface area contributed by atoms with Crippen LogP contribution in [-0.2, 0) is 4.74 Å². The van der Waals surface area contributed by atoms with Crippen LogP contribution in [0.3, 0.4) is 0 Å². The molecule has 2 atom stereocenters. The minimum absolute atomic E-state index is 0.327. The Morgan fingerprint density at radius 3 is 2.65 bits per heavy atom. The van der Waals surface area contributed by atoms with Crippen molar-refractivity contribution in [1.82, 2.24) is 5.32 Å². The SMILES string of the molecule is C=C(C(C)C)[C@H](CN[C@H]1CCOC1)c1ccc(Cl)cc1. The second kappa shape index (κ2) is 7.26. The molecule has 0 bridgehead atoms. The highest BCUT2D eigenvalue weighted by atomic mass is 35.5. The summed E-state index contributed by atoms with van der Waals surface area (Å²) in [6.45, 7) is 11.3. The van der Waals surface area contributed by atoms with Crippen LogP contribution in [0.15, 0.2) is 36.4 Å². The van der Waals surface area contributed by atoms with Gasteiger partial charge in [0.05, 0.1) is 6.61 Å². The Labute approximate surface area is 127 Å². The standard InChI is InChI=1S/C17H24ClNO/c1-12(2)13(3)17(10-19-16-8-9-20-11-16)14-4-6-15(18)7-5-14/h4-7,12,16-17,19H,3,8-11H2,1-2H3/t16-,17-/m0/s1. The van der Waals surface area contributed by atoms with Crippen LogP contribution in [0.5, 0.6) is 0 Å². The highest BCUT2D eigenvalue weighted by molar-refractivity contribution is 6.30. The molecule has 0 aliphatic carbocycles. The van der Waals surface area contributed by atoms with E-state index in [-0.39, 0.29) is 0 Å². The number of benzene rings is 1. The first-order chi connectivity index (χ1) is 9.58. The molecule has 0 unspecified atom stereocenters. The van der Waals surface area contributed by atoms with Crippen molar-refractivity contribution in [3.63, 3.8) is 0 Å². The van der Waals surface area contributed by atoms with E-state index in [1.165, 1.54) is 11.1 Å². The molecule has 1 aromatic carbocycles. The summed E-state index contributed by atoms with van der Waals surface area (Å²) in [6, 6.07) is 8.59. The van der Waals surface area contributed by atoms with Gasteiger partial charge < -0.3 is 10.1 Å². The minimum atomic E-state index is 0.327. The Kier molecular flexibility index (Phi) is 5.64. The third-order valence-electron chi connectivity index (χ3n) is 4.00. The molecule has 1 N–H and O–H groups in total. The van der Waals surface area contributed by atoms with Crippen LogP contribution in [0.4, 0.5) is 0 Å². The van der Waals surface area contributed by atoms with Crippen LogP contribution in [0, 0.1) is 5.92 Å². The molecular weight excluding hydrogens is 270 g/mol. The van der Waals surface area contributed by atoms with Crippen molar-refractivity contribution in [2.75, 3.05) is 19.8 Å². The molecule has 1 heterocycles. The predicted molar refractivity (Wildman–Crippen MR) is 85.4 cm³/mol. The Hall–Kier alpha value is -0.830. The molecule has 2 rings (SSSR count). The summed E-state index contributed by atoms with van der Waals surface area (Å²) in [5.74, 6) is 0.796. The first-order valence-corrected chi connectivity index (χ1v) is 7.71. The van der Waals surface area contributed by atoms with Crippen LogP contribution in [0.1, 0.15) is 31.7 Å². The fraction of sp³-hybridized carbons (Fsp3) is 0.529. The fourth-order valence-electron chi connectivity index (χ4n) is 2.54. The largest absolute Gasteiger partial charge is 0.380 e. The number of hydrogen-bond donors (Lipinski definition) is 1. The van der Waals surface area contributed by atoms with Gasteiger partial charge in [-0.2, -0.15) is 0 Å². The van der Waals surface area contributed by atoms with Crippen LogP contribution in [-0.4, -0.2) is 25.8 Å². The van der Waals surface area contributed by atoms with Crippen molar-refractivity contribution in [2.24, 2.45) is 5.92 Å². The summed E-state index contributed by atoms with van der Waals surface area (Å²) in [7, 11) is 0. The lowest BCUT2D eigenvalue weighted by Crippen LogP contribution is -2.33. The zero-order valence-corrected chi connectivity index (χ0v) is 13.1. The van der Waals surface area contributed by atoms with E-state index in [0.717, 1.165) is 31.2 Å². The zero-order chi connectivity index (χ0) is 14.5. The summed E-state index contributed by atoms with van der Waals surface area (Å²) in [6.07, 6.45) is 1.10. The first-order valence-electron chi connectivity index (χ1n) is 7.33. The smallest absolute Gasteiger partial charge is 0.0620 e. The maximum atomic E-state index is 5.98. The number of rotatable bonds is 6. The molecule has 0 spiro atoms. The summed E-state index contributed by atoms with van der Waals surface area (Å²) >= 11 is 5.98. The van der Waals surface area contributed by atoms with Crippen molar-refractivity contribution in [2.45, 2.75) is 32.2 Å². The van der Waals surface area contributed by atoms with Crippen molar-refractivity contribution >= 4 is 11.6 Å². The molecule has 0 amide bonds. The summed E-state index contributed by atoms with van der Waals surface area (Å²) in [5.41, 5.74) is 2.54. The highest BCUT2D eigenvalue weighted by Crippen LogP contribution is 2.29. The zero-order valence-electron chi connectivity index (χ0n) is 12.4. The lowest BCUT2D eigenvalue weighted by atomic mass is 9.85. The molecule has 1 aliphatic rings. The average molecular weight is 294 g/mol. The number of ether oxygens (including phenoxy) is 1. The van der Waals surface area contributed by atoms with Crippen LogP contribution in [0.2, 0.25) is 5.02 Å². The number of hydrogen-bond acceptors (Lipinski definition) is 2. The van der Waals surface area contributed by atoms with E-state index in [4.69, 9.17) is 16.3 Å². The summed E-state index contributed by atoms with van der Waals surface area (Å²) in [5, 5.41) is 4.39. The molecule has 1 aliphatic heterocycles. The van der Waals surface area contributed by atoms with Crippen LogP contribution >= 0.6 is 11.6 Å². The first kappa shape index (κ1) is 15.6. The van der Waals surface area contributed by atoms with E-state index in [2.05, 4.69) is 37.9 Å². The summed E-state index contributed by atoms with van der Waals surface area (Å²) < 4.78 is 5.42. The van der Waals surface area contributed by atoms with Crippen molar-refractivity contribution < 1.29 is 4.74 Å². The maximum Gasteiger partial charge on any atom is 0.0620 e. The van der Waals surface area contributed by atoms with Gasteiger partial charge in [0.2, 0.25) is 0 Å². The molecule has 2 nitrogen and oxygen atoms in total. The van der Waals surface area contributed by atoms with Crippen molar-refractivity contribution in [1.29, 1.82) is 0 Å². The predicted octanol–water partition coefficient (Wildman–Crippen LogP) is 4.01. The maximum absolute atomic E-state index is 5.98. The lowest BCUT2D eigenvalue weighted by molar-refractivity contribution is 0.190. The Balaban J connectivity index is 2.07. The van der Waals surface area contributed by atoms with Gasteiger partial charge in [-0.3, -0.25) is 0 Å². The second-order valence-corrected chi connectivity index (χ2v) is 6.24. The summed E-state index contributed by atoms with van der Waals surface area (Å²) in [4.78, 5) is 0. The van der Waals surface area contributed by atoms with Gasteiger partial charge in [-0.05, 0) is 30.0 Å². The van der Waals surface area contributed by atoms with E-state index in [0.29, 0.717) is 17.9 Å². The van der Waals surface area contributed by atoms with Gasteiger partial charge in [-0.15, -0.1) is 0 Å². The van der Waals surface area contributed by atoms with Gasteiger partial charge in [0.1, 0.15) is 0 Å². The lowest BCUT2D eigenvalue weighted by Gasteiger charge is -2.25. The van der Waals surface area contributed by atoms with Crippen molar-refractivity contribution in [3.05, 3.63) is 47.0 Å². The average Bonchev–Trinajstić information content (AvgIpc) is 2.93. The van der Waals surface area contributed by atoms with Crippen LogP contribution in [0.25, 0.3) is 0 Å². The van der Waals surface area contributed by atoms with Crippen molar-refractivity contribution in [3.8, 4) is 0 Å². The Morgan fingerprint density at radius 1 is 1.40 bits per heavy atom. The molecular formula is C17H24ClNO. The van der Waals surface area contributed by atoms with Gasteiger partial charge in [0.25, 0.3) is 0 Å². The van der Waals surface area contributed by atoms with E-state index < -0.39 is 0 Å².